The molecule has 0 aliphatic carbocycles. The molecule has 2 rings (SSSR count). The van der Waals surface area contributed by atoms with Crippen molar-refractivity contribution in [3.8, 4) is 0 Å². The first-order chi connectivity index (χ1) is 26.4. The summed E-state index contributed by atoms with van der Waals surface area (Å²) in [6.45, 7) is 0.748. The van der Waals surface area contributed by atoms with Crippen molar-refractivity contribution in [3.63, 3.8) is 0 Å². The lowest BCUT2D eigenvalue weighted by atomic mass is 9.99. The Morgan fingerprint density at radius 1 is 0.564 bits per heavy atom. The predicted octanol–water partition coefficient (Wildman–Crippen LogP) is -2.56. The molecule has 322 valence electrons. The number of carbonyl (C=O) groups is 3. The zero-order valence-corrected chi connectivity index (χ0v) is 32.0. The van der Waals surface area contributed by atoms with Crippen LogP contribution in [0.4, 0.5) is 0 Å². The van der Waals surface area contributed by atoms with E-state index in [9.17, 15) is 55.2 Å². The number of ether oxygens (including phenoxy) is 5. The van der Waals surface area contributed by atoms with Crippen LogP contribution in [0, 0.1) is 0 Å². The molecule has 4 unspecified atom stereocenters. The molecule has 0 saturated carbocycles. The number of unbranched alkanes of at least 4 members (excludes halogenated alkanes) is 6. The highest BCUT2D eigenvalue weighted by molar-refractivity contribution is 5.79. The lowest BCUT2D eigenvalue weighted by Crippen LogP contribution is -2.59. The van der Waals surface area contributed by atoms with Crippen LogP contribution < -0.4 is 16.0 Å². The Kier molecular flexibility index (Phi) is 25.2. The highest BCUT2D eigenvalue weighted by atomic mass is 16.7. The van der Waals surface area contributed by atoms with Crippen molar-refractivity contribution in [1.82, 2.24) is 16.0 Å². The van der Waals surface area contributed by atoms with E-state index in [0.29, 0.717) is 64.6 Å². The van der Waals surface area contributed by atoms with E-state index < -0.39 is 80.7 Å². The third-order valence-electron chi connectivity index (χ3n) is 9.55. The van der Waals surface area contributed by atoms with Gasteiger partial charge in [-0.25, -0.2) is 0 Å². The molecule has 19 heteroatoms. The first kappa shape index (κ1) is 49.0. The van der Waals surface area contributed by atoms with E-state index in [-0.39, 0.29) is 50.2 Å². The minimum absolute atomic E-state index is 0.0922. The topological polar surface area (TPSA) is 295 Å². The number of rotatable bonds is 29. The van der Waals surface area contributed by atoms with Crippen molar-refractivity contribution >= 4 is 17.7 Å². The van der Waals surface area contributed by atoms with E-state index in [0.717, 1.165) is 25.7 Å². The fraction of sp³-hybridized carbons (Fsp3) is 0.917. The maximum Gasteiger partial charge on any atom is 0.222 e. The second-order valence-corrected chi connectivity index (χ2v) is 14.1. The Balaban J connectivity index is 1.69. The van der Waals surface area contributed by atoms with Crippen LogP contribution in [0.3, 0.4) is 0 Å². The Labute approximate surface area is 323 Å². The van der Waals surface area contributed by atoms with Crippen molar-refractivity contribution in [1.29, 1.82) is 0 Å². The van der Waals surface area contributed by atoms with Crippen LogP contribution in [0.15, 0.2) is 0 Å². The van der Waals surface area contributed by atoms with Gasteiger partial charge in [0.25, 0.3) is 0 Å². The van der Waals surface area contributed by atoms with Crippen LogP contribution in [-0.2, 0) is 38.1 Å². The summed E-state index contributed by atoms with van der Waals surface area (Å²) in [5.74, 6) is -0.568. The molecule has 2 saturated heterocycles. The number of carbonyl (C=O) groups excluding carboxylic acids is 3. The van der Waals surface area contributed by atoms with Crippen LogP contribution in [-0.4, -0.2) is 179 Å². The highest BCUT2D eigenvalue weighted by Gasteiger charge is 2.45. The summed E-state index contributed by atoms with van der Waals surface area (Å²) in [6, 6.07) is -0.418. The molecule has 19 nitrogen and oxygen atoms in total. The van der Waals surface area contributed by atoms with Gasteiger partial charge in [-0.15, -0.1) is 0 Å². The van der Waals surface area contributed by atoms with Crippen LogP contribution in [0.1, 0.15) is 89.9 Å². The average molecular weight is 798 g/mol. The predicted molar refractivity (Wildman–Crippen MR) is 194 cm³/mol. The summed E-state index contributed by atoms with van der Waals surface area (Å²) >= 11 is 0. The van der Waals surface area contributed by atoms with Crippen LogP contribution in [0.25, 0.3) is 0 Å². The Morgan fingerprint density at radius 2 is 1.04 bits per heavy atom. The lowest BCUT2D eigenvalue weighted by molar-refractivity contribution is -0.301. The van der Waals surface area contributed by atoms with Gasteiger partial charge in [-0.3, -0.25) is 14.4 Å². The quantitative estimate of drug-likeness (QED) is 0.0347. The van der Waals surface area contributed by atoms with Gasteiger partial charge in [-0.05, 0) is 57.8 Å². The van der Waals surface area contributed by atoms with Crippen LogP contribution in [0.2, 0.25) is 0 Å². The average Bonchev–Trinajstić information content (AvgIpc) is 3.16. The molecule has 2 heterocycles. The number of hydrogen-bond donors (Lipinski definition) is 11. The Hall–Kier alpha value is -2.11. The molecule has 0 bridgehead atoms. The molecule has 0 aromatic carbocycles. The van der Waals surface area contributed by atoms with Crippen LogP contribution >= 0.6 is 0 Å². The van der Waals surface area contributed by atoms with Gasteiger partial charge in [0.05, 0.1) is 13.2 Å². The number of nitrogens with one attached hydrogen (secondary N) is 3. The second kappa shape index (κ2) is 28.3. The standard InChI is InChI=1S/C36H67N3O16/c1-51-17-9-3-2-7-15-38-28(44)20-23(39-27(43)14-6-11-19-53-36-34(50)32(48)30(46)25(22-41)55-36)12-4-8-16-37-26(42)13-5-10-18-52-35-33(49)31(47)29(45)24(21-40)54-35/h23-25,29-36,40-41,45-50H,2-22H2,1H3,(H,37,42)(H,38,44)(H,39,43)/t23-,24?,25?,29+,30+,31-,32-,33?,34?,35+,36+/m0/s1. The number of aliphatic hydroxyl groups excluding tert-OH is 8. The number of hydrogen-bond acceptors (Lipinski definition) is 16. The summed E-state index contributed by atoms with van der Waals surface area (Å²) in [4.78, 5) is 37.9. The summed E-state index contributed by atoms with van der Waals surface area (Å²) < 4.78 is 26.6. The smallest absolute Gasteiger partial charge is 0.222 e. The van der Waals surface area contributed by atoms with E-state index in [1.807, 2.05) is 0 Å². The molecule has 0 aromatic heterocycles. The zero-order chi connectivity index (χ0) is 40.6. The Morgan fingerprint density at radius 3 is 1.56 bits per heavy atom. The monoisotopic (exact) mass is 797 g/mol. The zero-order valence-electron chi connectivity index (χ0n) is 32.0. The molecule has 11 N–H and O–H groups in total. The van der Waals surface area contributed by atoms with Gasteiger partial charge in [-0.1, -0.05) is 12.8 Å². The molecule has 2 aliphatic rings. The van der Waals surface area contributed by atoms with E-state index in [1.54, 1.807) is 7.11 Å². The van der Waals surface area contributed by atoms with Crippen molar-refractivity contribution in [2.45, 2.75) is 157 Å². The first-order valence-corrected chi connectivity index (χ1v) is 19.6. The van der Waals surface area contributed by atoms with Crippen molar-refractivity contribution in [3.05, 3.63) is 0 Å². The highest BCUT2D eigenvalue weighted by Crippen LogP contribution is 2.23. The van der Waals surface area contributed by atoms with Gasteiger partial charge in [0.1, 0.15) is 48.8 Å². The summed E-state index contributed by atoms with van der Waals surface area (Å²) in [5.41, 5.74) is 0. The molecular formula is C36H67N3O16. The van der Waals surface area contributed by atoms with Gasteiger partial charge in [0.2, 0.25) is 17.7 Å². The van der Waals surface area contributed by atoms with Gasteiger partial charge < -0.3 is 80.5 Å². The van der Waals surface area contributed by atoms with Crippen molar-refractivity contribution in [2.24, 2.45) is 0 Å². The molecule has 0 spiro atoms. The molecule has 11 atom stereocenters. The molecule has 0 radical (unpaired) electrons. The normalized spacial score (nSPS) is 28.7. The van der Waals surface area contributed by atoms with Crippen molar-refractivity contribution in [2.75, 3.05) is 53.2 Å². The maximum atomic E-state index is 12.8. The van der Waals surface area contributed by atoms with Gasteiger partial charge >= 0.3 is 0 Å². The molecule has 2 fully saturated rings. The van der Waals surface area contributed by atoms with Gasteiger partial charge in [0.15, 0.2) is 12.6 Å². The first-order valence-electron chi connectivity index (χ1n) is 19.6. The second-order valence-electron chi connectivity index (χ2n) is 14.1. The summed E-state index contributed by atoms with van der Waals surface area (Å²) in [6.07, 6.45) is -5.75. The molecule has 3 amide bonds. The number of aliphatic hydroxyl groups is 8. The third kappa shape index (κ3) is 18.8. The minimum atomic E-state index is -1.54. The number of methoxy groups -OCH3 is 1. The van der Waals surface area contributed by atoms with E-state index >= 15 is 0 Å². The molecule has 2 aliphatic heterocycles. The van der Waals surface area contributed by atoms with Gasteiger partial charge in [-0.2, -0.15) is 0 Å². The van der Waals surface area contributed by atoms with Gasteiger partial charge in [0, 0.05) is 65.3 Å². The Bertz CT molecular complexity index is 1060. The number of amides is 3. The fourth-order valence-electron chi connectivity index (χ4n) is 6.19. The fourth-order valence-corrected chi connectivity index (χ4v) is 6.19. The largest absolute Gasteiger partial charge is 0.394 e. The SMILES string of the molecule is COCCCCCCNC(=O)C[C@H](CCCCNC(=O)CCCCO[C@@H]1OC(CO)[C@@H](O)[C@H](O)C1O)NC(=O)CCCCO[C@@H]1OC(CO)[C@@H](O)[C@H](O)C1O. The van der Waals surface area contributed by atoms with E-state index in [2.05, 4.69) is 16.0 Å². The summed E-state index contributed by atoms with van der Waals surface area (Å²) in [7, 11) is 1.66. The molecular weight excluding hydrogens is 730 g/mol. The van der Waals surface area contributed by atoms with E-state index in [1.165, 1.54) is 0 Å². The van der Waals surface area contributed by atoms with E-state index in [4.69, 9.17) is 23.7 Å². The minimum Gasteiger partial charge on any atom is -0.394 e. The van der Waals surface area contributed by atoms with Crippen LogP contribution in [0.5, 0.6) is 0 Å². The third-order valence-corrected chi connectivity index (χ3v) is 9.55. The van der Waals surface area contributed by atoms with Crippen molar-refractivity contribution < 1.29 is 78.9 Å². The lowest BCUT2D eigenvalue weighted by Gasteiger charge is -2.39. The maximum absolute atomic E-state index is 12.8. The summed E-state index contributed by atoms with van der Waals surface area (Å²) in [5, 5.41) is 87.0. The molecule has 0 aromatic rings. The molecule has 55 heavy (non-hydrogen) atoms.